The molecule has 2 atom stereocenters. The number of carboxylic acid groups (broad SMARTS) is 1. The molecule has 0 aromatic rings. The van der Waals surface area contributed by atoms with Gasteiger partial charge < -0.3 is 15.7 Å². The number of urea groups is 1. The summed E-state index contributed by atoms with van der Waals surface area (Å²) in [6.07, 6.45) is -1.67. The summed E-state index contributed by atoms with van der Waals surface area (Å²) < 4.78 is 38.0. The number of aliphatic carboxylic acids is 1. The van der Waals surface area contributed by atoms with E-state index in [-0.39, 0.29) is 6.04 Å². The Bertz CT molecular complexity index is 347. The molecule has 5 nitrogen and oxygen atoms in total. The minimum absolute atomic E-state index is 0.326. The Morgan fingerprint density at radius 3 is 2.20 bits per heavy atom. The van der Waals surface area contributed by atoms with Crippen LogP contribution in [0.1, 0.15) is 46.5 Å². The van der Waals surface area contributed by atoms with Crippen LogP contribution < -0.4 is 10.6 Å². The second-order valence-corrected chi connectivity index (χ2v) is 4.92. The molecule has 3 N–H and O–H groups in total. The third-order valence-corrected chi connectivity index (χ3v) is 2.98. The quantitative estimate of drug-likeness (QED) is 0.632. The lowest BCUT2D eigenvalue weighted by Gasteiger charge is -2.29. The van der Waals surface area contributed by atoms with Crippen LogP contribution >= 0.6 is 0 Å². The van der Waals surface area contributed by atoms with Crippen LogP contribution in [0.15, 0.2) is 0 Å². The van der Waals surface area contributed by atoms with E-state index in [0.29, 0.717) is 13.3 Å². The average Bonchev–Trinajstić information content (AvgIpc) is 2.26. The van der Waals surface area contributed by atoms with Crippen LogP contribution in [0.25, 0.3) is 0 Å². The SMILES string of the molecule is CCCCCC(C)NC(=O)NC(C)(C(=O)O)C(F)(F)F. The molecule has 0 fully saturated rings. The van der Waals surface area contributed by atoms with E-state index in [2.05, 4.69) is 5.32 Å². The minimum Gasteiger partial charge on any atom is -0.479 e. The fourth-order valence-corrected chi connectivity index (χ4v) is 1.51. The van der Waals surface area contributed by atoms with Crippen molar-refractivity contribution in [2.75, 3.05) is 0 Å². The third-order valence-electron chi connectivity index (χ3n) is 2.98. The highest BCUT2D eigenvalue weighted by Gasteiger charge is 2.58. The Hall–Kier alpha value is -1.47. The van der Waals surface area contributed by atoms with Gasteiger partial charge in [0, 0.05) is 6.04 Å². The van der Waals surface area contributed by atoms with Crippen molar-refractivity contribution in [3.8, 4) is 0 Å². The summed E-state index contributed by atoms with van der Waals surface area (Å²) in [5.74, 6) is -2.15. The number of alkyl halides is 3. The second kappa shape index (κ2) is 7.35. The second-order valence-electron chi connectivity index (χ2n) is 4.92. The summed E-state index contributed by atoms with van der Waals surface area (Å²) in [6, 6.07) is -1.47. The van der Waals surface area contributed by atoms with Gasteiger partial charge >= 0.3 is 18.2 Å². The molecule has 0 heterocycles. The predicted octanol–water partition coefficient (Wildman–Crippen LogP) is 2.66. The van der Waals surface area contributed by atoms with Crippen LogP contribution in [-0.2, 0) is 4.79 Å². The third kappa shape index (κ3) is 5.26. The summed E-state index contributed by atoms with van der Waals surface area (Å²) in [5, 5.41) is 12.4. The van der Waals surface area contributed by atoms with E-state index in [0.717, 1.165) is 19.3 Å². The van der Waals surface area contributed by atoms with Gasteiger partial charge in [-0.3, -0.25) is 0 Å². The number of rotatable bonds is 7. The summed E-state index contributed by atoms with van der Waals surface area (Å²) >= 11 is 0. The highest BCUT2D eigenvalue weighted by atomic mass is 19.4. The summed E-state index contributed by atoms with van der Waals surface area (Å²) in [4.78, 5) is 22.2. The Kier molecular flexibility index (Phi) is 6.81. The number of nitrogens with one attached hydrogen (secondary N) is 2. The van der Waals surface area contributed by atoms with E-state index in [1.807, 2.05) is 6.92 Å². The zero-order valence-corrected chi connectivity index (χ0v) is 11.8. The Morgan fingerprint density at radius 2 is 1.80 bits per heavy atom. The van der Waals surface area contributed by atoms with Gasteiger partial charge in [-0.1, -0.05) is 26.2 Å². The first-order chi connectivity index (χ1) is 9.04. The number of halogens is 3. The van der Waals surface area contributed by atoms with Crippen molar-refractivity contribution in [3.63, 3.8) is 0 Å². The van der Waals surface area contributed by atoms with E-state index >= 15 is 0 Å². The molecule has 0 aliphatic heterocycles. The monoisotopic (exact) mass is 298 g/mol. The van der Waals surface area contributed by atoms with Crippen LogP contribution in [0.3, 0.4) is 0 Å². The maximum Gasteiger partial charge on any atom is 0.422 e. The molecule has 2 amide bonds. The van der Waals surface area contributed by atoms with Crippen molar-refractivity contribution in [1.29, 1.82) is 0 Å². The molecule has 118 valence electrons. The number of carbonyl (C=O) groups excluding carboxylic acids is 1. The normalized spacial score (nSPS) is 16.1. The first kappa shape index (κ1) is 18.5. The van der Waals surface area contributed by atoms with E-state index in [1.54, 1.807) is 6.92 Å². The molecule has 0 aromatic carbocycles. The fraction of sp³-hybridized carbons (Fsp3) is 0.833. The van der Waals surface area contributed by atoms with Gasteiger partial charge in [-0.05, 0) is 20.3 Å². The van der Waals surface area contributed by atoms with E-state index < -0.39 is 23.7 Å². The highest BCUT2D eigenvalue weighted by molar-refractivity contribution is 5.86. The standard InChI is InChI=1S/C12H21F3N2O3/c1-4-5-6-7-8(2)16-10(20)17-11(3,9(18)19)12(13,14)15/h8H,4-7H2,1-3H3,(H,18,19)(H2,16,17,20). The average molecular weight is 298 g/mol. The van der Waals surface area contributed by atoms with Gasteiger partial charge in [0.2, 0.25) is 5.54 Å². The number of carbonyl (C=O) groups is 2. The van der Waals surface area contributed by atoms with Crippen LogP contribution in [0.5, 0.6) is 0 Å². The van der Waals surface area contributed by atoms with Crippen LogP contribution in [0.2, 0.25) is 0 Å². The van der Waals surface area contributed by atoms with Crippen LogP contribution in [0.4, 0.5) is 18.0 Å². The molecule has 0 aliphatic rings. The maximum absolute atomic E-state index is 12.7. The molecule has 0 saturated carbocycles. The first-order valence-corrected chi connectivity index (χ1v) is 6.43. The van der Waals surface area contributed by atoms with Gasteiger partial charge in [0.15, 0.2) is 0 Å². The van der Waals surface area contributed by atoms with Gasteiger partial charge in [-0.2, -0.15) is 13.2 Å². The van der Waals surface area contributed by atoms with Crippen molar-refractivity contribution >= 4 is 12.0 Å². The zero-order chi connectivity index (χ0) is 16.0. The molecule has 8 heteroatoms. The molecule has 0 saturated heterocycles. The van der Waals surface area contributed by atoms with Gasteiger partial charge in [-0.15, -0.1) is 0 Å². The van der Waals surface area contributed by atoms with Crippen molar-refractivity contribution in [3.05, 3.63) is 0 Å². The number of amides is 2. The van der Waals surface area contributed by atoms with Gasteiger partial charge in [-0.25, -0.2) is 9.59 Å². The predicted molar refractivity (Wildman–Crippen MR) is 67.4 cm³/mol. The smallest absolute Gasteiger partial charge is 0.422 e. The van der Waals surface area contributed by atoms with Gasteiger partial charge in [0.1, 0.15) is 0 Å². The molecule has 0 aliphatic carbocycles. The van der Waals surface area contributed by atoms with Gasteiger partial charge in [0.25, 0.3) is 0 Å². The Morgan fingerprint density at radius 1 is 1.25 bits per heavy atom. The summed E-state index contributed by atoms with van der Waals surface area (Å²) in [5.41, 5.74) is -3.31. The molecule has 0 rings (SSSR count). The first-order valence-electron chi connectivity index (χ1n) is 6.43. The number of hydrogen-bond acceptors (Lipinski definition) is 2. The molecule has 2 unspecified atom stereocenters. The Balaban J connectivity index is 4.53. The summed E-state index contributed by atoms with van der Waals surface area (Å²) in [6.45, 7) is 4.07. The number of hydrogen-bond donors (Lipinski definition) is 3. The van der Waals surface area contributed by atoms with Gasteiger partial charge in [0.05, 0.1) is 0 Å². The lowest BCUT2D eigenvalue weighted by atomic mass is 10.0. The maximum atomic E-state index is 12.7. The molecular formula is C12H21F3N2O3. The van der Waals surface area contributed by atoms with Crippen molar-refractivity contribution < 1.29 is 27.9 Å². The molecular weight excluding hydrogens is 277 g/mol. The molecule has 0 radical (unpaired) electrons. The largest absolute Gasteiger partial charge is 0.479 e. The van der Waals surface area contributed by atoms with E-state index in [1.165, 1.54) is 5.32 Å². The highest BCUT2D eigenvalue weighted by Crippen LogP contribution is 2.30. The van der Waals surface area contributed by atoms with Crippen LogP contribution in [-0.4, -0.2) is 34.9 Å². The molecule has 0 spiro atoms. The van der Waals surface area contributed by atoms with Crippen molar-refractivity contribution in [2.24, 2.45) is 0 Å². The van der Waals surface area contributed by atoms with Crippen LogP contribution in [0, 0.1) is 0 Å². The van der Waals surface area contributed by atoms with E-state index in [4.69, 9.17) is 5.11 Å². The molecule has 0 bridgehead atoms. The zero-order valence-electron chi connectivity index (χ0n) is 11.8. The summed E-state index contributed by atoms with van der Waals surface area (Å²) in [7, 11) is 0. The number of carboxylic acids is 1. The topological polar surface area (TPSA) is 78.4 Å². The molecule has 0 aromatic heterocycles. The Labute approximate surface area is 115 Å². The van der Waals surface area contributed by atoms with Crippen molar-refractivity contribution in [2.45, 2.75) is 64.2 Å². The molecule has 20 heavy (non-hydrogen) atoms. The lowest BCUT2D eigenvalue weighted by Crippen LogP contribution is -2.64. The minimum atomic E-state index is -5.08. The van der Waals surface area contributed by atoms with E-state index in [9.17, 15) is 22.8 Å². The van der Waals surface area contributed by atoms with Crippen molar-refractivity contribution in [1.82, 2.24) is 10.6 Å². The number of unbranched alkanes of at least 4 members (excludes halogenated alkanes) is 2. The fourth-order valence-electron chi connectivity index (χ4n) is 1.51. The lowest BCUT2D eigenvalue weighted by molar-refractivity contribution is -0.203.